The summed E-state index contributed by atoms with van der Waals surface area (Å²) in [6, 6.07) is 11.3. The molecule has 2 unspecified atom stereocenters. The highest BCUT2D eigenvalue weighted by molar-refractivity contribution is 5.89. The van der Waals surface area contributed by atoms with Crippen LogP contribution in [0, 0.1) is 11.8 Å². The number of nitrogens with one attached hydrogen (secondary N) is 3. The predicted octanol–water partition coefficient (Wildman–Crippen LogP) is 6.83. The third kappa shape index (κ3) is 7.51. The van der Waals surface area contributed by atoms with Gasteiger partial charge in [0.1, 0.15) is 17.7 Å². The first-order valence-corrected chi connectivity index (χ1v) is 18.5. The highest BCUT2D eigenvalue weighted by atomic mass is 16.5. The zero-order valence-corrected chi connectivity index (χ0v) is 30.9. The Morgan fingerprint density at radius 3 is 2.06 bits per heavy atom. The number of imidazole rings is 2. The van der Waals surface area contributed by atoms with Gasteiger partial charge < -0.3 is 29.8 Å². The maximum absolute atomic E-state index is 13.5. The summed E-state index contributed by atoms with van der Waals surface area (Å²) in [6.07, 6.45) is 10.7. The Morgan fingerprint density at radius 1 is 0.774 bits per heavy atom. The molecule has 13 heteroatoms. The molecular weight excluding hydrogens is 670 g/mol. The van der Waals surface area contributed by atoms with Crippen LogP contribution >= 0.6 is 0 Å². The molecular formula is C40H47N9O4. The minimum Gasteiger partial charge on any atom is -0.453 e. The summed E-state index contributed by atoms with van der Waals surface area (Å²) >= 11 is 0. The third-order valence-corrected chi connectivity index (χ3v) is 10.3. The summed E-state index contributed by atoms with van der Waals surface area (Å²) in [4.78, 5) is 67.8. The topological polar surface area (TPSA) is 162 Å². The number of benzene rings is 1. The fourth-order valence-electron chi connectivity index (χ4n) is 7.47. The van der Waals surface area contributed by atoms with Gasteiger partial charge in [-0.3, -0.25) is 19.6 Å². The van der Waals surface area contributed by atoms with Crippen molar-refractivity contribution in [1.82, 2.24) is 45.0 Å². The highest BCUT2D eigenvalue weighted by Gasteiger charge is 2.37. The van der Waals surface area contributed by atoms with E-state index in [1.165, 1.54) is 7.11 Å². The monoisotopic (exact) mass is 717 g/mol. The molecule has 7 rings (SSSR count). The zero-order valence-electron chi connectivity index (χ0n) is 30.9. The summed E-state index contributed by atoms with van der Waals surface area (Å²) < 4.78 is 4.76. The Morgan fingerprint density at radius 2 is 1.42 bits per heavy atom. The maximum atomic E-state index is 13.5. The number of pyridine rings is 2. The van der Waals surface area contributed by atoms with Gasteiger partial charge in [0.2, 0.25) is 11.8 Å². The third-order valence-electron chi connectivity index (χ3n) is 10.3. The second kappa shape index (κ2) is 15.2. The van der Waals surface area contributed by atoms with Crippen molar-refractivity contribution in [3.8, 4) is 33.9 Å². The standard InChI is InChI=1S/C40H47N9O4/c1-23(2)16-35(50)48-14-6-8-33(48)37-44-22-32(46-37)27-12-13-29(41-19-27)30-18-25-10-11-26(17-28(25)20-42-30)31-21-43-38(45-31)34-9-7-15-49(34)39(51)36(24(3)4)47-40(52)53-5/h10-13,17-24,33-34,36H,6-9,14-16H2,1-5H3,(H,43,45)(H,44,46)(H,47,52)/t33-,34?,36?/m0/s1. The molecule has 53 heavy (non-hydrogen) atoms. The first-order valence-electron chi connectivity index (χ1n) is 18.5. The van der Waals surface area contributed by atoms with E-state index in [0.29, 0.717) is 18.9 Å². The minimum absolute atomic E-state index is 0.0194. The lowest BCUT2D eigenvalue weighted by molar-refractivity contribution is -0.135. The van der Waals surface area contributed by atoms with Gasteiger partial charge in [0, 0.05) is 48.4 Å². The van der Waals surface area contributed by atoms with Crippen LogP contribution in [0.2, 0.25) is 0 Å². The Balaban J connectivity index is 1.03. The van der Waals surface area contributed by atoms with Crippen LogP contribution in [0.1, 0.15) is 83.5 Å². The molecule has 6 heterocycles. The molecule has 0 spiro atoms. The molecule has 2 aliphatic heterocycles. The number of carbonyl (C=O) groups excluding carboxylic acids is 3. The van der Waals surface area contributed by atoms with E-state index in [0.717, 1.165) is 88.6 Å². The van der Waals surface area contributed by atoms with Crippen LogP contribution < -0.4 is 5.32 Å². The van der Waals surface area contributed by atoms with Crippen molar-refractivity contribution >= 4 is 28.7 Å². The van der Waals surface area contributed by atoms with Gasteiger partial charge in [-0.1, -0.05) is 39.8 Å². The van der Waals surface area contributed by atoms with Crippen LogP contribution in [0.15, 0.2) is 61.2 Å². The van der Waals surface area contributed by atoms with Crippen LogP contribution in [-0.2, 0) is 14.3 Å². The lowest BCUT2D eigenvalue weighted by Crippen LogP contribution is -2.51. The van der Waals surface area contributed by atoms with Gasteiger partial charge in [-0.2, -0.15) is 0 Å². The molecule has 3 N–H and O–H groups in total. The van der Waals surface area contributed by atoms with Crippen LogP contribution in [0.4, 0.5) is 4.79 Å². The Labute approximate surface area is 309 Å². The quantitative estimate of drug-likeness (QED) is 0.142. The van der Waals surface area contributed by atoms with E-state index in [1.54, 1.807) is 6.20 Å². The average Bonchev–Trinajstić information content (AvgIpc) is 3.99. The van der Waals surface area contributed by atoms with Crippen molar-refractivity contribution in [3.05, 3.63) is 72.8 Å². The highest BCUT2D eigenvalue weighted by Crippen LogP contribution is 2.35. The predicted molar refractivity (Wildman–Crippen MR) is 201 cm³/mol. The lowest BCUT2D eigenvalue weighted by atomic mass is 10.0. The van der Waals surface area contributed by atoms with Gasteiger partial charge in [0.25, 0.3) is 0 Å². The van der Waals surface area contributed by atoms with Crippen LogP contribution in [-0.4, -0.2) is 83.9 Å². The number of fused-ring (bicyclic) bond motifs is 1. The molecule has 2 fully saturated rings. The Kier molecular flexibility index (Phi) is 10.3. The van der Waals surface area contributed by atoms with Gasteiger partial charge in [0.15, 0.2) is 0 Å². The fraction of sp³-hybridized carbons (Fsp3) is 0.425. The normalized spacial score (nSPS) is 17.9. The zero-order chi connectivity index (χ0) is 37.2. The van der Waals surface area contributed by atoms with E-state index < -0.39 is 12.1 Å². The van der Waals surface area contributed by atoms with Crippen molar-refractivity contribution < 1.29 is 19.1 Å². The second-order valence-electron chi connectivity index (χ2n) is 14.8. The molecule has 1 aromatic carbocycles. The summed E-state index contributed by atoms with van der Waals surface area (Å²) in [7, 11) is 1.29. The van der Waals surface area contributed by atoms with E-state index >= 15 is 0 Å². The van der Waals surface area contributed by atoms with Gasteiger partial charge in [-0.15, -0.1) is 0 Å². The molecule has 5 aromatic rings. The van der Waals surface area contributed by atoms with E-state index in [1.807, 2.05) is 66.5 Å². The summed E-state index contributed by atoms with van der Waals surface area (Å²) in [5.41, 5.74) is 5.11. The van der Waals surface area contributed by atoms with E-state index in [-0.39, 0.29) is 29.8 Å². The summed E-state index contributed by atoms with van der Waals surface area (Å²) in [6.45, 7) is 9.32. The van der Waals surface area contributed by atoms with Crippen LogP contribution in [0.3, 0.4) is 0 Å². The van der Waals surface area contributed by atoms with E-state index in [9.17, 15) is 14.4 Å². The number of rotatable bonds is 10. The smallest absolute Gasteiger partial charge is 0.407 e. The van der Waals surface area contributed by atoms with Crippen molar-refractivity contribution in [3.63, 3.8) is 0 Å². The molecule has 3 atom stereocenters. The number of aromatic nitrogens is 6. The summed E-state index contributed by atoms with van der Waals surface area (Å²) in [5.74, 6) is 1.81. The largest absolute Gasteiger partial charge is 0.453 e. The molecule has 4 aromatic heterocycles. The van der Waals surface area contributed by atoms with Gasteiger partial charge in [0.05, 0.1) is 54.4 Å². The number of methoxy groups -OCH3 is 1. The van der Waals surface area contributed by atoms with Gasteiger partial charge >= 0.3 is 6.09 Å². The first kappa shape index (κ1) is 35.8. The Hall–Kier alpha value is -5.59. The van der Waals surface area contributed by atoms with Crippen molar-refractivity contribution in [1.29, 1.82) is 0 Å². The first-order chi connectivity index (χ1) is 25.6. The van der Waals surface area contributed by atoms with Crippen molar-refractivity contribution in [2.75, 3.05) is 20.2 Å². The minimum atomic E-state index is -0.686. The van der Waals surface area contributed by atoms with E-state index in [4.69, 9.17) is 14.7 Å². The number of nitrogens with zero attached hydrogens (tertiary/aromatic N) is 6. The molecule has 0 saturated carbocycles. The number of amides is 3. The maximum Gasteiger partial charge on any atom is 0.407 e. The Bertz CT molecular complexity index is 2100. The van der Waals surface area contributed by atoms with Gasteiger partial charge in [-0.05, 0) is 67.2 Å². The molecule has 2 saturated heterocycles. The molecule has 13 nitrogen and oxygen atoms in total. The molecule has 0 bridgehead atoms. The number of ether oxygens (including phenoxy) is 1. The number of H-pyrrole nitrogens is 2. The SMILES string of the molecule is COC(=O)NC(C(=O)N1CCCC1c1ncc(-c2ccc3cc(-c4ccc(-c5cnc([C@@H]6CCCN6C(=O)CC(C)C)[nH]5)cn4)ncc3c2)[nH]1)C(C)C. The van der Waals surface area contributed by atoms with Crippen LogP contribution in [0.25, 0.3) is 44.7 Å². The fourth-order valence-corrected chi connectivity index (χ4v) is 7.47. The van der Waals surface area contributed by atoms with Crippen molar-refractivity contribution in [2.24, 2.45) is 11.8 Å². The molecule has 276 valence electrons. The van der Waals surface area contributed by atoms with Crippen molar-refractivity contribution in [2.45, 2.75) is 77.9 Å². The van der Waals surface area contributed by atoms with Gasteiger partial charge in [-0.25, -0.2) is 14.8 Å². The molecule has 0 aliphatic carbocycles. The number of hydrogen-bond donors (Lipinski definition) is 3. The number of alkyl carbamates (subject to hydrolysis) is 1. The average molecular weight is 718 g/mol. The second-order valence-corrected chi connectivity index (χ2v) is 14.8. The number of aromatic amines is 2. The number of likely N-dealkylation sites (tertiary alicyclic amines) is 2. The molecule has 2 aliphatic rings. The van der Waals surface area contributed by atoms with Crippen LogP contribution in [0.5, 0.6) is 0 Å². The number of hydrogen-bond acceptors (Lipinski definition) is 8. The lowest BCUT2D eigenvalue weighted by Gasteiger charge is -2.30. The molecule has 3 amide bonds. The summed E-state index contributed by atoms with van der Waals surface area (Å²) in [5, 5.41) is 4.70. The van der Waals surface area contributed by atoms with E-state index in [2.05, 4.69) is 51.2 Å². The number of carbonyl (C=O) groups is 3. The molecule has 0 radical (unpaired) electrons.